The third-order valence-electron chi connectivity index (χ3n) is 2.94. The second kappa shape index (κ2) is 6.61. The van der Waals surface area contributed by atoms with E-state index in [1.807, 2.05) is 44.2 Å². The van der Waals surface area contributed by atoms with Crippen molar-refractivity contribution in [2.24, 2.45) is 0 Å². The number of hydrogen-bond donors (Lipinski definition) is 2. The molecule has 0 aliphatic heterocycles. The number of carbonyl (C=O) groups is 1. The van der Waals surface area contributed by atoms with Crippen LogP contribution in [0.3, 0.4) is 0 Å². The summed E-state index contributed by atoms with van der Waals surface area (Å²) in [5, 5.41) is 2.47. The largest absolute Gasteiger partial charge is 0.444 e. The molecule has 0 spiro atoms. The number of oxazole rings is 1. The summed E-state index contributed by atoms with van der Waals surface area (Å²) in [5.74, 6) is 1.12. The van der Waals surface area contributed by atoms with Gasteiger partial charge >= 0.3 is 0 Å². The Kier molecular flexibility index (Phi) is 4.84. The van der Waals surface area contributed by atoms with E-state index in [0.29, 0.717) is 12.3 Å². The second-order valence-corrected chi connectivity index (χ2v) is 5.37. The van der Waals surface area contributed by atoms with Crippen LogP contribution in [0.2, 0.25) is 0 Å². The first kappa shape index (κ1) is 14.7. The Balaban J connectivity index is 1.91. The van der Waals surface area contributed by atoms with Crippen molar-refractivity contribution in [3.8, 4) is 0 Å². The number of carbonyl (C=O) groups excluding carboxylic acids is 1. The first-order valence-corrected chi connectivity index (χ1v) is 7.02. The van der Waals surface area contributed by atoms with Gasteiger partial charge in [0.25, 0.3) is 0 Å². The van der Waals surface area contributed by atoms with Crippen LogP contribution in [-0.2, 0) is 11.2 Å². The summed E-state index contributed by atoms with van der Waals surface area (Å²) in [6.45, 7) is 3.66. The normalized spacial score (nSPS) is 13.8. The zero-order valence-electron chi connectivity index (χ0n) is 11.5. The van der Waals surface area contributed by atoms with Crippen LogP contribution in [0.5, 0.6) is 0 Å². The molecule has 1 aromatic carbocycles. The smallest absolute Gasteiger partial charge is 0.233 e. The van der Waals surface area contributed by atoms with Crippen LogP contribution in [0.4, 0.5) is 0 Å². The third-order valence-corrected chi connectivity index (χ3v) is 3.36. The summed E-state index contributed by atoms with van der Waals surface area (Å²) >= 11 is 4.37. The van der Waals surface area contributed by atoms with E-state index in [4.69, 9.17) is 4.42 Å². The predicted octanol–water partition coefficient (Wildman–Crippen LogP) is 2.70. The summed E-state index contributed by atoms with van der Waals surface area (Å²) in [6.07, 6.45) is 2.23. The van der Waals surface area contributed by atoms with Gasteiger partial charge in [-0.2, -0.15) is 12.6 Å². The molecule has 0 aliphatic rings. The summed E-state index contributed by atoms with van der Waals surface area (Å²) in [6, 6.07) is 9.55. The van der Waals surface area contributed by atoms with Crippen LogP contribution in [0, 0.1) is 6.92 Å². The van der Waals surface area contributed by atoms with Crippen LogP contribution < -0.4 is 5.32 Å². The van der Waals surface area contributed by atoms with Gasteiger partial charge in [-0.15, -0.1) is 0 Å². The third kappa shape index (κ3) is 3.87. The molecule has 4 nitrogen and oxygen atoms in total. The Morgan fingerprint density at radius 3 is 2.70 bits per heavy atom. The molecule has 106 valence electrons. The van der Waals surface area contributed by atoms with E-state index in [0.717, 1.165) is 11.3 Å². The SMILES string of the molecule is Cc1cnc(C(C)NC(=O)C(S)Cc2ccccc2)o1. The van der Waals surface area contributed by atoms with E-state index in [1.165, 1.54) is 0 Å². The highest BCUT2D eigenvalue weighted by Gasteiger charge is 2.19. The highest BCUT2D eigenvalue weighted by molar-refractivity contribution is 7.81. The van der Waals surface area contributed by atoms with Crippen molar-refractivity contribution in [2.75, 3.05) is 0 Å². The molecule has 2 atom stereocenters. The van der Waals surface area contributed by atoms with Crippen LogP contribution in [0.1, 0.15) is 30.2 Å². The van der Waals surface area contributed by atoms with Gasteiger partial charge in [0, 0.05) is 0 Å². The van der Waals surface area contributed by atoms with E-state index in [-0.39, 0.29) is 11.9 Å². The zero-order valence-corrected chi connectivity index (χ0v) is 12.4. The minimum Gasteiger partial charge on any atom is -0.444 e. The molecule has 1 N–H and O–H groups in total. The molecule has 5 heteroatoms. The number of amides is 1. The average molecular weight is 290 g/mol. The number of hydrogen-bond acceptors (Lipinski definition) is 4. The number of aromatic nitrogens is 1. The standard InChI is InChI=1S/C15H18N2O2S/c1-10-9-16-15(19-10)11(2)17-14(18)13(20)8-12-6-4-3-5-7-12/h3-7,9,11,13,20H,8H2,1-2H3,(H,17,18). The topological polar surface area (TPSA) is 55.1 Å². The Morgan fingerprint density at radius 1 is 1.40 bits per heavy atom. The molecule has 1 aromatic heterocycles. The molecule has 0 radical (unpaired) electrons. The minimum absolute atomic E-state index is 0.125. The number of benzene rings is 1. The molecule has 0 bridgehead atoms. The van der Waals surface area contributed by atoms with Crippen molar-refractivity contribution in [1.29, 1.82) is 0 Å². The van der Waals surface area contributed by atoms with Crippen molar-refractivity contribution in [3.63, 3.8) is 0 Å². The summed E-state index contributed by atoms with van der Waals surface area (Å²) in [7, 11) is 0. The van der Waals surface area contributed by atoms with Gasteiger partial charge in [0.15, 0.2) is 0 Å². The Hall–Kier alpha value is -1.75. The van der Waals surface area contributed by atoms with Gasteiger partial charge in [0.1, 0.15) is 11.8 Å². The number of aryl methyl sites for hydroxylation is 1. The van der Waals surface area contributed by atoms with Crippen LogP contribution in [0.15, 0.2) is 40.9 Å². The van der Waals surface area contributed by atoms with E-state index in [2.05, 4.69) is 22.9 Å². The van der Waals surface area contributed by atoms with Crippen molar-refractivity contribution in [3.05, 3.63) is 53.7 Å². The number of thiol groups is 1. The maximum atomic E-state index is 12.1. The van der Waals surface area contributed by atoms with Gasteiger partial charge in [-0.3, -0.25) is 4.79 Å². The Labute approximate surface area is 124 Å². The molecule has 0 fully saturated rings. The van der Waals surface area contributed by atoms with E-state index < -0.39 is 5.25 Å². The van der Waals surface area contributed by atoms with Gasteiger partial charge in [0.05, 0.1) is 11.4 Å². The molecule has 0 saturated heterocycles. The Morgan fingerprint density at radius 2 is 2.10 bits per heavy atom. The fraction of sp³-hybridized carbons (Fsp3) is 0.333. The molecule has 0 aliphatic carbocycles. The molecule has 1 heterocycles. The van der Waals surface area contributed by atoms with Gasteiger partial charge in [-0.1, -0.05) is 30.3 Å². The first-order chi connectivity index (χ1) is 9.56. The monoisotopic (exact) mass is 290 g/mol. The molecule has 0 saturated carbocycles. The van der Waals surface area contributed by atoms with Crippen molar-refractivity contribution in [2.45, 2.75) is 31.6 Å². The molecular weight excluding hydrogens is 272 g/mol. The highest BCUT2D eigenvalue weighted by atomic mass is 32.1. The quantitative estimate of drug-likeness (QED) is 0.832. The van der Waals surface area contributed by atoms with E-state index in [1.54, 1.807) is 6.20 Å². The van der Waals surface area contributed by atoms with Gasteiger partial charge in [-0.25, -0.2) is 4.98 Å². The fourth-order valence-corrected chi connectivity index (χ4v) is 2.16. The molecule has 2 unspecified atom stereocenters. The molecule has 2 aromatic rings. The van der Waals surface area contributed by atoms with Crippen LogP contribution >= 0.6 is 12.6 Å². The Bertz CT molecular complexity index is 568. The summed E-state index contributed by atoms with van der Waals surface area (Å²) in [4.78, 5) is 16.2. The van der Waals surface area contributed by atoms with Crippen molar-refractivity contribution < 1.29 is 9.21 Å². The summed E-state index contributed by atoms with van der Waals surface area (Å²) < 4.78 is 5.39. The van der Waals surface area contributed by atoms with E-state index in [9.17, 15) is 4.79 Å². The lowest BCUT2D eigenvalue weighted by Crippen LogP contribution is -2.34. The van der Waals surface area contributed by atoms with Gasteiger partial charge in [0.2, 0.25) is 11.8 Å². The highest BCUT2D eigenvalue weighted by Crippen LogP contribution is 2.14. The van der Waals surface area contributed by atoms with Gasteiger partial charge in [-0.05, 0) is 25.8 Å². The molecule has 1 amide bonds. The summed E-state index contributed by atoms with van der Waals surface area (Å²) in [5.41, 5.74) is 1.09. The van der Waals surface area contributed by atoms with E-state index >= 15 is 0 Å². The second-order valence-electron chi connectivity index (χ2n) is 4.74. The molecular formula is C15H18N2O2S. The fourth-order valence-electron chi connectivity index (χ4n) is 1.87. The van der Waals surface area contributed by atoms with Crippen LogP contribution in [0.25, 0.3) is 0 Å². The average Bonchev–Trinajstić information content (AvgIpc) is 2.86. The maximum absolute atomic E-state index is 12.1. The number of nitrogens with zero attached hydrogens (tertiary/aromatic N) is 1. The lowest BCUT2D eigenvalue weighted by molar-refractivity contribution is -0.121. The molecule has 2 rings (SSSR count). The lowest BCUT2D eigenvalue weighted by Gasteiger charge is -2.15. The van der Waals surface area contributed by atoms with Crippen molar-refractivity contribution >= 4 is 18.5 Å². The minimum atomic E-state index is -0.393. The molecule has 20 heavy (non-hydrogen) atoms. The maximum Gasteiger partial charge on any atom is 0.233 e. The lowest BCUT2D eigenvalue weighted by atomic mass is 10.1. The zero-order chi connectivity index (χ0) is 14.5. The predicted molar refractivity (Wildman–Crippen MR) is 80.7 cm³/mol. The van der Waals surface area contributed by atoms with Crippen molar-refractivity contribution in [1.82, 2.24) is 10.3 Å². The number of rotatable bonds is 5. The first-order valence-electron chi connectivity index (χ1n) is 6.51. The van der Waals surface area contributed by atoms with Crippen LogP contribution in [-0.4, -0.2) is 16.1 Å². The van der Waals surface area contributed by atoms with Gasteiger partial charge < -0.3 is 9.73 Å². The number of nitrogens with one attached hydrogen (secondary N) is 1.